The minimum absolute atomic E-state index is 1.10. The first-order valence-corrected chi connectivity index (χ1v) is 7.08. The zero-order chi connectivity index (χ0) is 12.4. The molecule has 1 fully saturated rings. The summed E-state index contributed by atoms with van der Waals surface area (Å²) in [6.45, 7) is 7.07. The zero-order valence-electron chi connectivity index (χ0n) is 11.3. The van der Waals surface area contributed by atoms with Gasteiger partial charge in [0.05, 0.1) is 0 Å². The summed E-state index contributed by atoms with van der Waals surface area (Å²) in [4.78, 5) is 5.03. The van der Waals surface area contributed by atoms with Crippen LogP contribution >= 0.6 is 0 Å². The van der Waals surface area contributed by atoms with E-state index in [4.69, 9.17) is 0 Å². The summed E-state index contributed by atoms with van der Waals surface area (Å²) in [5.74, 6) is 0. The van der Waals surface area contributed by atoms with E-state index in [0.717, 1.165) is 13.1 Å². The van der Waals surface area contributed by atoms with Crippen LogP contribution in [-0.4, -0.2) is 49.6 Å². The number of hydrogen-bond acceptors (Lipinski definition) is 3. The molecule has 18 heavy (non-hydrogen) atoms. The predicted octanol–water partition coefficient (Wildman–Crippen LogP) is 1.79. The maximum atomic E-state index is 3.55. The quantitative estimate of drug-likeness (QED) is 0.857. The number of hydrogen-bond donors (Lipinski definition) is 1. The van der Waals surface area contributed by atoms with Gasteiger partial charge in [0.1, 0.15) is 0 Å². The molecule has 0 unspecified atom stereocenters. The number of nitrogens with one attached hydrogen (secondary N) is 1. The molecule has 0 bridgehead atoms. The smallest absolute Gasteiger partial charge is 0.0419 e. The van der Waals surface area contributed by atoms with Crippen molar-refractivity contribution in [3.05, 3.63) is 29.3 Å². The van der Waals surface area contributed by atoms with E-state index in [1.807, 2.05) is 0 Å². The summed E-state index contributed by atoms with van der Waals surface area (Å²) in [6.07, 6.45) is 2.48. The van der Waals surface area contributed by atoms with Crippen LogP contribution in [0.15, 0.2) is 18.2 Å². The van der Waals surface area contributed by atoms with Gasteiger partial charge in [-0.1, -0.05) is 18.2 Å². The monoisotopic (exact) mass is 245 g/mol. The third kappa shape index (κ3) is 2.52. The first-order chi connectivity index (χ1) is 8.83. The number of benzene rings is 1. The van der Waals surface area contributed by atoms with Crippen molar-refractivity contribution in [2.24, 2.45) is 0 Å². The first kappa shape index (κ1) is 12.0. The van der Waals surface area contributed by atoms with Crippen molar-refractivity contribution < 1.29 is 0 Å². The Kier molecular flexibility index (Phi) is 3.52. The Balaban J connectivity index is 1.71. The largest absolute Gasteiger partial charge is 0.384 e. The van der Waals surface area contributed by atoms with Gasteiger partial charge in [-0.3, -0.25) is 4.90 Å². The standard InChI is InChI=1S/C15H23N3/c1-17-8-3-9-18(11-10-17)12-14-5-2-4-13-6-7-16-15(13)14/h2,4-5,16H,3,6-12H2,1H3. The van der Waals surface area contributed by atoms with Crippen molar-refractivity contribution in [2.45, 2.75) is 19.4 Å². The third-order valence-electron chi connectivity index (χ3n) is 4.14. The predicted molar refractivity (Wildman–Crippen MR) is 76.0 cm³/mol. The Morgan fingerprint density at radius 3 is 3.06 bits per heavy atom. The lowest BCUT2D eigenvalue weighted by Crippen LogP contribution is -2.28. The second-order valence-corrected chi connectivity index (χ2v) is 5.56. The van der Waals surface area contributed by atoms with Crippen LogP contribution in [-0.2, 0) is 13.0 Å². The van der Waals surface area contributed by atoms with Gasteiger partial charge in [-0.25, -0.2) is 0 Å². The number of para-hydroxylation sites is 1. The number of fused-ring (bicyclic) bond motifs is 1. The van der Waals surface area contributed by atoms with Crippen LogP contribution in [0.5, 0.6) is 0 Å². The van der Waals surface area contributed by atoms with Gasteiger partial charge in [-0.2, -0.15) is 0 Å². The van der Waals surface area contributed by atoms with Crippen molar-refractivity contribution >= 4 is 5.69 Å². The highest BCUT2D eigenvalue weighted by molar-refractivity contribution is 5.61. The maximum Gasteiger partial charge on any atom is 0.0419 e. The van der Waals surface area contributed by atoms with E-state index < -0.39 is 0 Å². The maximum absolute atomic E-state index is 3.55. The van der Waals surface area contributed by atoms with Crippen LogP contribution in [0.25, 0.3) is 0 Å². The highest BCUT2D eigenvalue weighted by atomic mass is 15.2. The van der Waals surface area contributed by atoms with Gasteiger partial charge in [0.25, 0.3) is 0 Å². The van der Waals surface area contributed by atoms with E-state index in [1.54, 1.807) is 0 Å². The van der Waals surface area contributed by atoms with Crippen molar-refractivity contribution in [1.82, 2.24) is 9.80 Å². The summed E-state index contributed by atoms with van der Waals surface area (Å²) in [5.41, 5.74) is 4.39. The molecule has 1 aromatic carbocycles. The average Bonchev–Trinajstić information content (AvgIpc) is 2.76. The van der Waals surface area contributed by atoms with E-state index >= 15 is 0 Å². The molecule has 2 aliphatic heterocycles. The lowest BCUT2D eigenvalue weighted by molar-refractivity contribution is 0.269. The molecule has 3 nitrogen and oxygen atoms in total. The SMILES string of the molecule is CN1CCCN(Cc2cccc3c2NCC3)CC1. The van der Waals surface area contributed by atoms with Crippen LogP contribution in [0.1, 0.15) is 17.5 Å². The fourth-order valence-electron chi connectivity index (χ4n) is 3.04. The van der Waals surface area contributed by atoms with Gasteiger partial charge in [0.15, 0.2) is 0 Å². The Labute approximate surface area is 110 Å². The number of rotatable bonds is 2. The number of nitrogens with zero attached hydrogens (tertiary/aromatic N) is 2. The molecule has 0 amide bonds. The Hall–Kier alpha value is -1.06. The molecule has 2 heterocycles. The zero-order valence-corrected chi connectivity index (χ0v) is 11.3. The summed E-state index contributed by atoms with van der Waals surface area (Å²) >= 11 is 0. The Bertz CT molecular complexity index is 416. The summed E-state index contributed by atoms with van der Waals surface area (Å²) in [6, 6.07) is 6.76. The molecule has 3 rings (SSSR count). The van der Waals surface area contributed by atoms with Crippen LogP contribution in [0.4, 0.5) is 5.69 Å². The van der Waals surface area contributed by atoms with E-state index in [1.165, 1.54) is 55.8 Å². The molecule has 1 aromatic rings. The molecule has 98 valence electrons. The van der Waals surface area contributed by atoms with Crippen LogP contribution < -0.4 is 5.32 Å². The van der Waals surface area contributed by atoms with E-state index in [9.17, 15) is 0 Å². The van der Waals surface area contributed by atoms with Gasteiger partial charge in [0, 0.05) is 31.9 Å². The molecular weight excluding hydrogens is 222 g/mol. The first-order valence-electron chi connectivity index (χ1n) is 7.08. The minimum Gasteiger partial charge on any atom is -0.384 e. The highest BCUT2D eigenvalue weighted by Crippen LogP contribution is 2.27. The van der Waals surface area contributed by atoms with Crippen LogP contribution in [0.2, 0.25) is 0 Å². The molecule has 0 atom stereocenters. The Morgan fingerprint density at radius 2 is 2.11 bits per heavy atom. The average molecular weight is 245 g/mol. The Morgan fingerprint density at radius 1 is 1.17 bits per heavy atom. The summed E-state index contributed by atoms with van der Waals surface area (Å²) in [5, 5.41) is 3.55. The normalized spacial score (nSPS) is 21.4. The van der Waals surface area contributed by atoms with Gasteiger partial charge in [0.2, 0.25) is 0 Å². The molecule has 0 spiro atoms. The van der Waals surface area contributed by atoms with Crippen molar-refractivity contribution in [2.75, 3.05) is 45.1 Å². The molecular formula is C15H23N3. The number of anilines is 1. The van der Waals surface area contributed by atoms with Gasteiger partial charge in [-0.05, 0) is 44.1 Å². The van der Waals surface area contributed by atoms with Gasteiger partial charge < -0.3 is 10.2 Å². The van der Waals surface area contributed by atoms with E-state index in [2.05, 4.69) is 40.4 Å². The fourth-order valence-corrected chi connectivity index (χ4v) is 3.04. The van der Waals surface area contributed by atoms with Gasteiger partial charge in [-0.15, -0.1) is 0 Å². The molecule has 1 N–H and O–H groups in total. The fraction of sp³-hybridized carbons (Fsp3) is 0.600. The minimum atomic E-state index is 1.10. The second kappa shape index (κ2) is 5.29. The lowest BCUT2D eigenvalue weighted by atomic mass is 10.1. The summed E-state index contributed by atoms with van der Waals surface area (Å²) in [7, 11) is 2.23. The van der Waals surface area contributed by atoms with Gasteiger partial charge >= 0.3 is 0 Å². The molecule has 2 aliphatic rings. The molecule has 1 saturated heterocycles. The summed E-state index contributed by atoms with van der Waals surface area (Å²) < 4.78 is 0. The second-order valence-electron chi connectivity index (χ2n) is 5.56. The highest BCUT2D eigenvalue weighted by Gasteiger charge is 2.17. The van der Waals surface area contributed by atoms with E-state index in [0.29, 0.717) is 0 Å². The van der Waals surface area contributed by atoms with Crippen molar-refractivity contribution in [1.29, 1.82) is 0 Å². The van der Waals surface area contributed by atoms with Crippen LogP contribution in [0, 0.1) is 0 Å². The molecule has 0 radical (unpaired) electrons. The number of likely N-dealkylation sites (N-methyl/N-ethyl adjacent to an activating group) is 1. The molecule has 0 saturated carbocycles. The molecule has 0 aromatic heterocycles. The van der Waals surface area contributed by atoms with Crippen molar-refractivity contribution in [3.63, 3.8) is 0 Å². The van der Waals surface area contributed by atoms with Crippen molar-refractivity contribution in [3.8, 4) is 0 Å². The van der Waals surface area contributed by atoms with Crippen LogP contribution in [0.3, 0.4) is 0 Å². The third-order valence-corrected chi connectivity index (χ3v) is 4.14. The topological polar surface area (TPSA) is 18.5 Å². The molecule has 0 aliphatic carbocycles. The van der Waals surface area contributed by atoms with E-state index in [-0.39, 0.29) is 0 Å². The molecule has 3 heteroatoms. The lowest BCUT2D eigenvalue weighted by Gasteiger charge is -2.21.